The van der Waals surface area contributed by atoms with Gasteiger partial charge in [-0.25, -0.2) is 0 Å². The molecule has 0 saturated heterocycles. The molecule has 0 unspecified atom stereocenters. The Morgan fingerprint density at radius 2 is 1.22 bits per heavy atom. The van der Waals surface area contributed by atoms with Crippen LogP contribution >= 0.6 is 0 Å². The monoisotopic (exact) mass is 433 g/mol. The van der Waals surface area contributed by atoms with Gasteiger partial charge < -0.3 is 0 Å². The van der Waals surface area contributed by atoms with E-state index < -0.39 is 0 Å². The molecule has 23 heavy (non-hydrogen) atoms. The van der Waals surface area contributed by atoms with Gasteiger partial charge in [0.25, 0.3) is 0 Å². The van der Waals surface area contributed by atoms with Crippen LogP contribution in [0.3, 0.4) is 0 Å². The molecule has 132 valence electrons. The van der Waals surface area contributed by atoms with Crippen molar-refractivity contribution in [3.05, 3.63) is 24.4 Å². The molecule has 0 amide bonds. The van der Waals surface area contributed by atoms with E-state index in [1.54, 1.807) is 0 Å². The quantitative estimate of drug-likeness (QED) is 0.221. The van der Waals surface area contributed by atoms with Crippen LogP contribution < -0.4 is 3.74 Å². The molecule has 0 atom stereocenters. The molecule has 2 heteroatoms. The number of hydrogen-bond acceptors (Lipinski definition) is 1. The standard InChI is InChI=1S/C21H37NTe/c1-2-3-4-5-6-7-8-9-10-11-12-13-14-17-20-23-21-18-15-16-19-22-21/h15-16,18-19H,2-14,17,20H2,1H3. The topological polar surface area (TPSA) is 12.9 Å². The van der Waals surface area contributed by atoms with Gasteiger partial charge >= 0.3 is 129 Å². The number of rotatable bonds is 16. The Balaban J connectivity index is 1.72. The number of hydrogen-bond donors (Lipinski definition) is 0. The van der Waals surface area contributed by atoms with Crippen molar-refractivity contribution in [2.45, 2.75) is 101 Å². The van der Waals surface area contributed by atoms with Gasteiger partial charge in [-0.05, 0) is 0 Å². The molecule has 1 aromatic heterocycles. The van der Waals surface area contributed by atoms with Crippen molar-refractivity contribution in [1.82, 2.24) is 4.98 Å². The van der Waals surface area contributed by atoms with Gasteiger partial charge in [-0.1, -0.05) is 26.2 Å². The van der Waals surface area contributed by atoms with Crippen molar-refractivity contribution < 1.29 is 0 Å². The molecule has 1 heterocycles. The molecule has 0 radical (unpaired) electrons. The van der Waals surface area contributed by atoms with E-state index in [9.17, 15) is 0 Å². The van der Waals surface area contributed by atoms with E-state index in [2.05, 4.69) is 24.0 Å². The van der Waals surface area contributed by atoms with Crippen molar-refractivity contribution in [3.63, 3.8) is 0 Å². The van der Waals surface area contributed by atoms with Crippen molar-refractivity contribution >= 4 is 24.7 Å². The number of pyridine rings is 1. The summed E-state index contributed by atoms with van der Waals surface area (Å²) in [6.45, 7) is 2.29. The molecule has 0 bridgehead atoms. The molecule has 0 fully saturated rings. The van der Waals surface area contributed by atoms with E-state index in [0.717, 1.165) is 0 Å². The number of aromatic nitrogens is 1. The summed E-state index contributed by atoms with van der Waals surface area (Å²) in [5.74, 6) is 0. The normalized spacial score (nSPS) is 11.0. The van der Waals surface area contributed by atoms with Crippen molar-refractivity contribution in [2.24, 2.45) is 0 Å². The van der Waals surface area contributed by atoms with Gasteiger partial charge in [0.2, 0.25) is 0 Å². The molecule has 1 rings (SSSR count). The fraction of sp³-hybridized carbons (Fsp3) is 0.762. The fourth-order valence-electron chi connectivity index (χ4n) is 2.91. The Hall–Kier alpha value is -0.0604. The Morgan fingerprint density at radius 1 is 0.696 bits per heavy atom. The van der Waals surface area contributed by atoms with E-state index in [1.807, 2.05) is 12.3 Å². The van der Waals surface area contributed by atoms with Crippen LogP contribution in [-0.4, -0.2) is 25.9 Å². The predicted molar refractivity (Wildman–Crippen MR) is 105 cm³/mol. The Kier molecular flexibility index (Phi) is 15.3. The first-order chi connectivity index (χ1) is 11.4. The summed E-state index contributed by atoms with van der Waals surface area (Å²) in [5, 5.41) is 0. The zero-order valence-electron chi connectivity index (χ0n) is 15.3. The maximum atomic E-state index is 4.44. The first-order valence-corrected chi connectivity index (χ1v) is 12.8. The van der Waals surface area contributed by atoms with E-state index >= 15 is 0 Å². The average molecular weight is 431 g/mol. The molecule has 0 saturated carbocycles. The third-order valence-corrected chi connectivity index (χ3v) is 7.33. The molecule has 0 spiro atoms. The zero-order valence-corrected chi connectivity index (χ0v) is 17.6. The minimum absolute atomic E-state index is 0.00513. The zero-order chi connectivity index (χ0) is 16.4. The number of nitrogens with zero attached hydrogens (tertiary/aromatic N) is 1. The van der Waals surface area contributed by atoms with E-state index in [0.29, 0.717) is 0 Å². The van der Waals surface area contributed by atoms with E-state index in [4.69, 9.17) is 0 Å². The van der Waals surface area contributed by atoms with Gasteiger partial charge in [0, 0.05) is 0 Å². The molecule has 0 aliphatic rings. The summed E-state index contributed by atoms with van der Waals surface area (Å²) in [6.07, 6.45) is 22.3. The van der Waals surface area contributed by atoms with Crippen LogP contribution in [0.4, 0.5) is 0 Å². The Labute approximate surface area is 155 Å². The maximum absolute atomic E-state index is 4.44. The van der Waals surface area contributed by atoms with Gasteiger partial charge in [-0.15, -0.1) is 0 Å². The summed E-state index contributed by atoms with van der Waals surface area (Å²) in [7, 11) is 0. The van der Waals surface area contributed by atoms with Crippen LogP contribution in [0.5, 0.6) is 0 Å². The molecule has 0 N–H and O–H groups in total. The summed E-state index contributed by atoms with van der Waals surface area (Å²) < 4.78 is 2.81. The van der Waals surface area contributed by atoms with Crippen molar-refractivity contribution in [3.8, 4) is 0 Å². The minimum atomic E-state index is -0.00513. The van der Waals surface area contributed by atoms with Crippen LogP contribution in [0.2, 0.25) is 4.47 Å². The van der Waals surface area contributed by atoms with Crippen LogP contribution in [-0.2, 0) is 0 Å². The summed E-state index contributed by atoms with van der Waals surface area (Å²) in [4.78, 5) is 4.44. The average Bonchev–Trinajstić information content (AvgIpc) is 2.59. The molecule has 1 aromatic rings. The summed E-state index contributed by atoms with van der Waals surface area (Å²) >= 11 is -0.00513. The van der Waals surface area contributed by atoms with E-state index in [-0.39, 0.29) is 20.9 Å². The van der Waals surface area contributed by atoms with Gasteiger partial charge in [0.05, 0.1) is 0 Å². The Morgan fingerprint density at radius 3 is 1.70 bits per heavy atom. The SMILES string of the molecule is CCCCCCCCCCCCCCCC[Te]c1ccccn1. The van der Waals surface area contributed by atoms with Gasteiger partial charge in [0.15, 0.2) is 0 Å². The first-order valence-electron chi connectivity index (χ1n) is 9.97. The van der Waals surface area contributed by atoms with Gasteiger partial charge in [-0.3, -0.25) is 0 Å². The van der Waals surface area contributed by atoms with Crippen LogP contribution in [0, 0.1) is 0 Å². The second-order valence-corrected chi connectivity index (χ2v) is 9.80. The van der Waals surface area contributed by atoms with E-state index in [1.165, 1.54) is 98.1 Å². The molecule has 0 aromatic carbocycles. The first kappa shape index (κ1) is 21.0. The molecule has 1 nitrogen and oxygen atoms in total. The third kappa shape index (κ3) is 14.0. The summed E-state index contributed by atoms with van der Waals surface area (Å²) in [5.41, 5.74) is 0. The van der Waals surface area contributed by atoms with Crippen molar-refractivity contribution in [2.75, 3.05) is 0 Å². The van der Waals surface area contributed by atoms with Crippen molar-refractivity contribution in [1.29, 1.82) is 0 Å². The molecule has 0 aliphatic carbocycles. The van der Waals surface area contributed by atoms with Crippen LogP contribution in [0.1, 0.15) is 96.8 Å². The fourth-order valence-corrected chi connectivity index (χ4v) is 5.38. The van der Waals surface area contributed by atoms with Crippen LogP contribution in [0.25, 0.3) is 0 Å². The molecular weight excluding hydrogens is 394 g/mol. The van der Waals surface area contributed by atoms with Gasteiger partial charge in [-0.2, -0.15) is 0 Å². The second-order valence-electron chi connectivity index (χ2n) is 6.61. The second kappa shape index (κ2) is 16.8. The summed E-state index contributed by atoms with van der Waals surface area (Å²) in [6, 6.07) is 6.34. The number of unbranched alkanes of at least 4 members (excludes halogenated alkanes) is 13. The molecular formula is C21H37NTe. The Bertz CT molecular complexity index is 339. The predicted octanol–water partition coefficient (Wildman–Crippen LogP) is 6.31. The molecule has 0 aliphatic heterocycles. The van der Waals surface area contributed by atoms with Gasteiger partial charge in [0.1, 0.15) is 0 Å². The third-order valence-electron chi connectivity index (χ3n) is 4.39. The van der Waals surface area contributed by atoms with Crippen LogP contribution in [0.15, 0.2) is 24.4 Å².